The second kappa shape index (κ2) is 8.70. The van der Waals surface area contributed by atoms with Crippen molar-refractivity contribution in [1.82, 2.24) is 10.3 Å². The Kier molecular flexibility index (Phi) is 6.62. The van der Waals surface area contributed by atoms with Gasteiger partial charge in [0.15, 0.2) is 0 Å². The maximum atomic E-state index is 12.3. The smallest absolute Gasteiger partial charge is 0.251 e. The van der Waals surface area contributed by atoms with Gasteiger partial charge in [0.25, 0.3) is 5.91 Å². The summed E-state index contributed by atoms with van der Waals surface area (Å²) in [7, 11) is 0. The van der Waals surface area contributed by atoms with Crippen LogP contribution in [0.4, 0.5) is 0 Å². The highest BCUT2D eigenvalue weighted by molar-refractivity contribution is 7.98. The first-order chi connectivity index (χ1) is 11.1. The van der Waals surface area contributed by atoms with Crippen LogP contribution in [-0.2, 0) is 0 Å². The Morgan fingerprint density at radius 1 is 1.30 bits per heavy atom. The zero-order chi connectivity index (χ0) is 16.7. The van der Waals surface area contributed by atoms with Gasteiger partial charge in [0, 0.05) is 24.2 Å². The molecule has 1 heterocycles. The first-order valence-corrected chi connectivity index (χ1v) is 8.84. The number of amides is 1. The molecule has 2 N–H and O–H groups in total. The van der Waals surface area contributed by atoms with Crippen LogP contribution in [0.2, 0.25) is 0 Å². The van der Waals surface area contributed by atoms with E-state index in [0.29, 0.717) is 18.5 Å². The van der Waals surface area contributed by atoms with Crippen LogP contribution >= 0.6 is 11.8 Å². The number of nitrogens with one attached hydrogen (secondary N) is 1. The molecule has 1 aromatic carbocycles. The van der Waals surface area contributed by atoms with Crippen molar-refractivity contribution in [2.45, 2.75) is 30.4 Å². The Balaban J connectivity index is 2.04. The van der Waals surface area contributed by atoms with E-state index in [-0.39, 0.29) is 11.8 Å². The van der Waals surface area contributed by atoms with Crippen molar-refractivity contribution in [2.75, 3.05) is 12.8 Å². The average molecular weight is 330 g/mol. The lowest BCUT2D eigenvalue weighted by molar-refractivity contribution is 0.0945. The first-order valence-electron chi connectivity index (χ1n) is 7.61. The van der Waals surface area contributed by atoms with Gasteiger partial charge in [0.1, 0.15) is 0 Å². The molecule has 2 rings (SSSR count). The quantitative estimate of drug-likeness (QED) is 0.766. The lowest BCUT2D eigenvalue weighted by Crippen LogP contribution is -2.29. The molecule has 0 saturated heterocycles. The second-order valence-electron chi connectivity index (χ2n) is 5.49. The van der Waals surface area contributed by atoms with E-state index in [0.717, 1.165) is 10.6 Å². The highest BCUT2D eigenvalue weighted by Gasteiger charge is 2.16. The van der Waals surface area contributed by atoms with Gasteiger partial charge in [-0.1, -0.05) is 30.3 Å². The number of hydrogen-bond donors (Lipinski definition) is 2. The Labute approximate surface area is 141 Å². The standard InChI is InChI=1S/C18H22N2O2S/c1-13(21)10-16(14-6-4-3-5-7-14)12-20-18(22)15-8-9-19-17(11-15)23-2/h3-9,11,13,16,21H,10,12H2,1-2H3,(H,20,22)/t13-,16+/m0/s1. The topological polar surface area (TPSA) is 62.2 Å². The monoisotopic (exact) mass is 330 g/mol. The van der Waals surface area contributed by atoms with Crippen molar-refractivity contribution in [2.24, 2.45) is 0 Å². The molecule has 0 fully saturated rings. The summed E-state index contributed by atoms with van der Waals surface area (Å²) in [6, 6.07) is 13.4. The van der Waals surface area contributed by atoms with Gasteiger partial charge >= 0.3 is 0 Å². The van der Waals surface area contributed by atoms with Crippen molar-refractivity contribution in [1.29, 1.82) is 0 Å². The van der Waals surface area contributed by atoms with Crippen molar-refractivity contribution < 1.29 is 9.90 Å². The molecule has 0 aliphatic heterocycles. The van der Waals surface area contributed by atoms with Gasteiger partial charge in [-0.2, -0.15) is 0 Å². The van der Waals surface area contributed by atoms with Gasteiger partial charge in [0.2, 0.25) is 0 Å². The van der Waals surface area contributed by atoms with Gasteiger partial charge in [-0.15, -0.1) is 11.8 Å². The van der Waals surface area contributed by atoms with Crippen molar-refractivity contribution >= 4 is 17.7 Å². The summed E-state index contributed by atoms with van der Waals surface area (Å²) in [6.45, 7) is 2.26. The van der Waals surface area contributed by atoms with Crippen molar-refractivity contribution in [3.8, 4) is 0 Å². The van der Waals surface area contributed by atoms with E-state index in [4.69, 9.17) is 0 Å². The molecule has 0 aliphatic carbocycles. The number of carbonyl (C=O) groups is 1. The van der Waals surface area contributed by atoms with E-state index in [2.05, 4.69) is 10.3 Å². The Hall–Kier alpha value is -1.85. The molecule has 122 valence electrons. The summed E-state index contributed by atoms with van der Waals surface area (Å²) in [6.07, 6.45) is 3.76. The predicted molar refractivity (Wildman–Crippen MR) is 93.8 cm³/mol. The van der Waals surface area contributed by atoms with Crippen LogP contribution in [0.5, 0.6) is 0 Å². The van der Waals surface area contributed by atoms with Crippen LogP contribution in [-0.4, -0.2) is 34.9 Å². The van der Waals surface area contributed by atoms with Crippen LogP contribution < -0.4 is 5.32 Å². The summed E-state index contributed by atoms with van der Waals surface area (Å²) < 4.78 is 0. The minimum atomic E-state index is -0.416. The van der Waals surface area contributed by atoms with E-state index in [1.165, 1.54) is 11.8 Å². The zero-order valence-electron chi connectivity index (χ0n) is 13.4. The normalized spacial score (nSPS) is 13.3. The maximum absolute atomic E-state index is 12.3. The van der Waals surface area contributed by atoms with Crippen LogP contribution in [0.3, 0.4) is 0 Å². The van der Waals surface area contributed by atoms with Crippen molar-refractivity contribution in [3.63, 3.8) is 0 Å². The SMILES string of the molecule is CSc1cc(C(=O)NC[C@@H](C[C@H](C)O)c2ccccc2)ccn1. The van der Waals surface area contributed by atoms with E-state index in [9.17, 15) is 9.90 Å². The predicted octanol–water partition coefficient (Wildman–Crippen LogP) is 3.09. The first kappa shape index (κ1) is 17.5. The van der Waals surface area contributed by atoms with E-state index < -0.39 is 6.10 Å². The minimum absolute atomic E-state index is 0.0852. The molecule has 0 aliphatic rings. The lowest BCUT2D eigenvalue weighted by Gasteiger charge is -2.19. The van der Waals surface area contributed by atoms with Gasteiger partial charge in [-0.05, 0) is 37.3 Å². The number of rotatable bonds is 7. The summed E-state index contributed by atoms with van der Waals surface area (Å²) in [4.78, 5) is 16.5. The second-order valence-corrected chi connectivity index (χ2v) is 6.32. The summed E-state index contributed by atoms with van der Waals surface area (Å²) in [5.41, 5.74) is 1.72. The molecule has 0 spiro atoms. The molecular formula is C18H22N2O2S. The van der Waals surface area contributed by atoms with Crippen LogP contribution in [0.25, 0.3) is 0 Å². The van der Waals surface area contributed by atoms with Gasteiger partial charge in [-0.3, -0.25) is 4.79 Å². The number of aliphatic hydroxyl groups excluding tert-OH is 1. The third-order valence-electron chi connectivity index (χ3n) is 3.61. The largest absolute Gasteiger partial charge is 0.393 e. The van der Waals surface area contributed by atoms with Crippen LogP contribution in [0, 0.1) is 0 Å². The molecular weight excluding hydrogens is 308 g/mol. The molecule has 5 heteroatoms. The molecule has 23 heavy (non-hydrogen) atoms. The van der Waals surface area contributed by atoms with Gasteiger partial charge in [0.05, 0.1) is 11.1 Å². The minimum Gasteiger partial charge on any atom is -0.393 e. The Morgan fingerprint density at radius 3 is 2.70 bits per heavy atom. The molecule has 2 atom stereocenters. The summed E-state index contributed by atoms with van der Waals surface area (Å²) in [5, 5.41) is 13.5. The number of pyridine rings is 1. The number of nitrogens with zero attached hydrogens (tertiary/aromatic N) is 1. The highest BCUT2D eigenvalue weighted by atomic mass is 32.2. The lowest BCUT2D eigenvalue weighted by atomic mass is 9.93. The van der Waals surface area contributed by atoms with E-state index in [1.54, 1.807) is 25.3 Å². The third-order valence-corrected chi connectivity index (χ3v) is 4.25. The number of hydrogen-bond acceptors (Lipinski definition) is 4. The molecule has 0 unspecified atom stereocenters. The summed E-state index contributed by atoms with van der Waals surface area (Å²) in [5.74, 6) is -0.0313. The third kappa shape index (κ3) is 5.37. The van der Waals surface area contributed by atoms with Crippen LogP contribution in [0.15, 0.2) is 53.7 Å². The zero-order valence-corrected chi connectivity index (χ0v) is 14.2. The number of aromatic nitrogens is 1. The average Bonchev–Trinajstić information content (AvgIpc) is 2.58. The van der Waals surface area contributed by atoms with E-state index >= 15 is 0 Å². The molecule has 0 saturated carbocycles. The molecule has 4 nitrogen and oxygen atoms in total. The molecule has 1 aromatic heterocycles. The van der Waals surface area contributed by atoms with Crippen molar-refractivity contribution in [3.05, 3.63) is 59.8 Å². The number of benzene rings is 1. The Morgan fingerprint density at radius 2 is 2.04 bits per heavy atom. The number of thioether (sulfide) groups is 1. The van der Waals surface area contributed by atoms with Gasteiger partial charge < -0.3 is 10.4 Å². The fourth-order valence-electron chi connectivity index (χ4n) is 2.45. The highest BCUT2D eigenvalue weighted by Crippen LogP contribution is 2.21. The molecule has 0 radical (unpaired) electrons. The summed E-state index contributed by atoms with van der Waals surface area (Å²) >= 11 is 1.51. The molecule has 0 bridgehead atoms. The fraction of sp³-hybridized carbons (Fsp3) is 0.333. The Bertz CT molecular complexity index is 632. The van der Waals surface area contributed by atoms with Crippen LogP contribution in [0.1, 0.15) is 35.2 Å². The number of carbonyl (C=O) groups excluding carboxylic acids is 1. The number of aliphatic hydroxyl groups is 1. The molecule has 1 amide bonds. The fourth-order valence-corrected chi connectivity index (χ4v) is 2.87. The van der Waals surface area contributed by atoms with Gasteiger partial charge in [-0.25, -0.2) is 4.98 Å². The van der Waals surface area contributed by atoms with E-state index in [1.807, 2.05) is 36.6 Å². The molecule has 2 aromatic rings. The maximum Gasteiger partial charge on any atom is 0.251 e.